The van der Waals surface area contributed by atoms with Gasteiger partial charge >= 0.3 is 0 Å². The van der Waals surface area contributed by atoms with Crippen LogP contribution in [0.5, 0.6) is 5.75 Å². The van der Waals surface area contributed by atoms with E-state index in [1.54, 1.807) is 6.20 Å². The lowest BCUT2D eigenvalue weighted by molar-refractivity contribution is 0.0367. The first kappa shape index (κ1) is 18.4. The molecule has 1 aromatic heterocycles. The molecule has 1 aliphatic heterocycles. The highest BCUT2D eigenvalue weighted by Gasteiger charge is 2.36. The molecule has 5 nitrogen and oxygen atoms in total. The number of fused-ring (bicyclic) bond motifs is 1. The predicted molar refractivity (Wildman–Crippen MR) is 114 cm³/mol. The second kappa shape index (κ2) is 8.01. The van der Waals surface area contributed by atoms with Gasteiger partial charge in [0.05, 0.1) is 12.4 Å². The zero-order valence-electron chi connectivity index (χ0n) is 16.7. The van der Waals surface area contributed by atoms with Gasteiger partial charge < -0.3 is 15.0 Å². The van der Waals surface area contributed by atoms with Crippen molar-refractivity contribution in [2.75, 3.05) is 13.1 Å². The van der Waals surface area contributed by atoms with E-state index in [9.17, 15) is 0 Å². The Labute approximate surface area is 172 Å². The van der Waals surface area contributed by atoms with Crippen molar-refractivity contribution in [1.29, 1.82) is 0 Å². The maximum Gasteiger partial charge on any atom is 0.139 e. The summed E-state index contributed by atoms with van der Waals surface area (Å²) in [6.45, 7) is 2.08. The van der Waals surface area contributed by atoms with E-state index in [-0.39, 0.29) is 12.1 Å². The molecule has 150 valence electrons. The van der Waals surface area contributed by atoms with Gasteiger partial charge in [-0.15, -0.1) is 0 Å². The van der Waals surface area contributed by atoms with Crippen molar-refractivity contribution in [1.82, 2.24) is 14.5 Å². The van der Waals surface area contributed by atoms with Crippen LogP contribution in [0.2, 0.25) is 0 Å². The fraction of sp³-hybridized carbons (Fsp3) is 0.375. The Bertz CT molecular complexity index is 938. The van der Waals surface area contributed by atoms with E-state index < -0.39 is 0 Å². The van der Waals surface area contributed by atoms with Crippen molar-refractivity contribution >= 4 is 0 Å². The van der Waals surface area contributed by atoms with Gasteiger partial charge in [-0.05, 0) is 67.6 Å². The number of imidazole rings is 1. The van der Waals surface area contributed by atoms with Crippen LogP contribution in [0.1, 0.15) is 36.5 Å². The smallest absolute Gasteiger partial charge is 0.139 e. The maximum atomic E-state index is 6.65. The third-order valence-electron chi connectivity index (χ3n) is 6.28. The van der Waals surface area contributed by atoms with Gasteiger partial charge in [0.2, 0.25) is 0 Å². The van der Waals surface area contributed by atoms with Crippen LogP contribution in [0, 0.1) is 0 Å². The van der Waals surface area contributed by atoms with Crippen molar-refractivity contribution < 1.29 is 4.74 Å². The summed E-state index contributed by atoms with van der Waals surface area (Å²) in [6.07, 6.45) is 10.1. The van der Waals surface area contributed by atoms with Gasteiger partial charge in [-0.3, -0.25) is 4.90 Å². The molecule has 0 saturated carbocycles. The van der Waals surface area contributed by atoms with Crippen LogP contribution in [0.3, 0.4) is 0 Å². The molecule has 0 amide bonds. The Morgan fingerprint density at radius 3 is 2.69 bits per heavy atom. The zero-order chi connectivity index (χ0) is 19.6. The number of aryl methyl sites for hydroxylation is 1. The Kier molecular flexibility index (Phi) is 5.08. The minimum absolute atomic E-state index is 0.0318. The van der Waals surface area contributed by atoms with Crippen molar-refractivity contribution in [3.05, 3.63) is 78.4 Å². The van der Waals surface area contributed by atoms with Crippen LogP contribution in [-0.4, -0.2) is 39.6 Å². The molecule has 5 rings (SSSR count). The number of piperidine rings is 1. The molecule has 3 aromatic rings. The standard InChI is InChI=1S/C24H28N4O/c25-19-5-3-14-27(16-19)23-12-7-18-4-1-2-6-22(18)24(23)29-21-10-8-20(9-11-21)28-15-13-26-17-28/h1-2,4,6,8-11,13,15,17,19,23-24H,3,5,7,12,14,16,25H2/t19-,23+,24+/m1/s1. The predicted octanol–water partition coefficient (Wildman–Crippen LogP) is 3.73. The molecule has 2 heterocycles. The molecule has 0 unspecified atom stereocenters. The van der Waals surface area contributed by atoms with E-state index in [2.05, 4.69) is 58.4 Å². The van der Waals surface area contributed by atoms with Gasteiger partial charge in [-0.2, -0.15) is 0 Å². The van der Waals surface area contributed by atoms with Crippen molar-refractivity contribution in [2.24, 2.45) is 5.73 Å². The minimum Gasteiger partial charge on any atom is -0.484 e. The summed E-state index contributed by atoms with van der Waals surface area (Å²) in [7, 11) is 0. The highest BCUT2D eigenvalue weighted by atomic mass is 16.5. The number of likely N-dealkylation sites (tertiary alicyclic amines) is 1. The highest BCUT2D eigenvalue weighted by Crippen LogP contribution is 2.37. The quantitative estimate of drug-likeness (QED) is 0.740. The average Bonchev–Trinajstić information content (AvgIpc) is 3.29. The van der Waals surface area contributed by atoms with E-state index in [4.69, 9.17) is 10.5 Å². The molecule has 0 bridgehead atoms. The Hall–Kier alpha value is -2.63. The Morgan fingerprint density at radius 2 is 1.90 bits per heavy atom. The van der Waals surface area contributed by atoms with E-state index in [0.29, 0.717) is 6.04 Å². The van der Waals surface area contributed by atoms with E-state index in [0.717, 1.165) is 43.8 Å². The van der Waals surface area contributed by atoms with E-state index in [1.807, 2.05) is 17.1 Å². The minimum atomic E-state index is 0.0318. The zero-order valence-corrected chi connectivity index (χ0v) is 16.7. The molecule has 1 saturated heterocycles. The SMILES string of the molecule is N[C@@H]1CCCN([C@H]2CCc3ccccc3[C@@H]2Oc2ccc(-n3ccnc3)cc2)C1. The summed E-state index contributed by atoms with van der Waals surface area (Å²) < 4.78 is 8.65. The van der Waals surface area contributed by atoms with Crippen LogP contribution in [0.4, 0.5) is 0 Å². The van der Waals surface area contributed by atoms with Crippen LogP contribution < -0.4 is 10.5 Å². The first-order valence-corrected chi connectivity index (χ1v) is 10.6. The largest absolute Gasteiger partial charge is 0.484 e. The van der Waals surface area contributed by atoms with Gasteiger partial charge in [-0.25, -0.2) is 4.98 Å². The number of hydrogen-bond donors (Lipinski definition) is 1. The molecule has 0 radical (unpaired) electrons. The van der Waals surface area contributed by atoms with Crippen molar-refractivity contribution in [3.8, 4) is 11.4 Å². The molecular formula is C24H28N4O. The molecule has 5 heteroatoms. The normalized spacial score (nSPS) is 24.8. The van der Waals surface area contributed by atoms with Crippen LogP contribution in [-0.2, 0) is 6.42 Å². The molecule has 1 aliphatic carbocycles. The molecule has 0 spiro atoms. The third-order valence-corrected chi connectivity index (χ3v) is 6.28. The van der Waals surface area contributed by atoms with Crippen LogP contribution >= 0.6 is 0 Å². The monoisotopic (exact) mass is 388 g/mol. The molecule has 29 heavy (non-hydrogen) atoms. The van der Waals surface area contributed by atoms with Gasteiger partial charge in [0.25, 0.3) is 0 Å². The number of nitrogens with two attached hydrogens (primary N) is 1. The first-order valence-electron chi connectivity index (χ1n) is 10.6. The van der Waals surface area contributed by atoms with Gasteiger partial charge in [0.15, 0.2) is 0 Å². The Balaban J connectivity index is 1.42. The topological polar surface area (TPSA) is 56.3 Å². The lowest BCUT2D eigenvalue weighted by Crippen LogP contribution is -2.51. The second-order valence-electron chi connectivity index (χ2n) is 8.20. The average molecular weight is 389 g/mol. The Morgan fingerprint density at radius 1 is 1.03 bits per heavy atom. The lowest BCUT2D eigenvalue weighted by atomic mass is 9.84. The number of ether oxygens (including phenoxy) is 1. The molecule has 1 fully saturated rings. The number of rotatable bonds is 4. The fourth-order valence-corrected chi connectivity index (χ4v) is 4.81. The van der Waals surface area contributed by atoms with E-state index in [1.165, 1.54) is 17.5 Å². The number of nitrogens with zero attached hydrogens (tertiary/aromatic N) is 3. The molecule has 2 aromatic carbocycles. The third kappa shape index (κ3) is 3.80. The first-order chi connectivity index (χ1) is 14.3. The van der Waals surface area contributed by atoms with Crippen LogP contribution in [0.25, 0.3) is 5.69 Å². The maximum absolute atomic E-state index is 6.65. The number of hydrogen-bond acceptors (Lipinski definition) is 4. The fourth-order valence-electron chi connectivity index (χ4n) is 4.81. The van der Waals surface area contributed by atoms with Crippen molar-refractivity contribution in [3.63, 3.8) is 0 Å². The second-order valence-corrected chi connectivity index (χ2v) is 8.20. The summed E-state index contributed by atoms with van der Waals surface area (Å²) in [5.74, 6) is 0.905. The summed E-state index contributed by atoms with van der Waals surface area (Å²) in [6, 6.07) is 17.7. The highest BCUT2D eigenvalue weighted by molar-refractivity contribution is 5.39. The molecular weight excluding hydrogens is 360 g/mol. The van der Waals surface area contributed by atoms with Gasteiger partial charge in [0, 0.05) is 30.7 Å². The molecule has 2 N–H and O–H groups in total. The summed E-state index contributed by atoms with van der Waals surface area (Å²) in [5, 5.41) is 0. The summed E-state index contributed by atoms with van der Waals surface area (Å²) in [5.41, 5.74) is 10.1. The van der Waals surface area contributed by atoms with Gasteiger partial charge in [-0.1, -0.05) is 24.3 Å². The summed E-state index contributed by atoms with van der Waals surface area (Å²) in [4.78, 5) is 6.69. The lowest BCUT2D eigenvalue weighted by Gasteiger charge is -2.43. The summed E-state index contributed by atoms with van der Waals surface area (Å²) >= 11 is 0. The van der Waals surface area contributed by atoms with E-state index >= 15 is 0 Å². The number of benzene rings is 2. The number of aromatic nitrogens is 2. The van der Waals surface area contributed by atoms with Gasteiger partial charge in [0.1, 0.15) is 11.9 Å². The van der Waals surface area contributed by atoms with Crippen LogP contribution in [0.15, 0.2) is 67.3 Å². The molecule has 2 aliphatic rings. The molecule has 3 atom stereocenters. The van der Waals surface area contributed by atoms with Crippen molar-refractivity contribution in [2.45, 2.75) is 43.9 Å².